The fourth-order valence-electron chi connectivity index (χ4n) is 3.23. The number of hydrogen-bond acceptors (Lipinski definition) is 4. The number of benzene rings is 1. The van der Waals surface area contributed by atoms with Crippen LogP contribution in [0.2, 0.25) is 0 Å². The van der Waals surface area contributed by atoms with E-state index < -0.39 is 0 Å². The Kier molecular flexibility index (Phi) is 9.13. The first-order valence-corrected chi connectivity index (χ1v) is 9.83. The van der Waals surface area contributed by atoms with Crippen molar-refractivity contribution < 1.29 is 4.52 Å². The van der Waals surface area contributed by atoms with Crippen LogP contribution in [-0.2, 0) is 6.42 Å². The summed E-state index contributed by atoms with van der Waals surface area (Å²) in [6.07, 6.45) is 7.84. The molecule has 4 heteroatoms. The van der Waals surface area contributed by atoms with E-state index in [-0.39, 0.29) is 0 Å². The normalized spacial score (nSPS) is 14.9. The molecular weight excluding hydrogens is 310 g/mol. The third-order valence-corrected chi connectivity index (χ3v) is 4.64. The monoisotopic (exact) mass is 343 g/mol. The van der Waals surface area contributed by atoms with Crippen LogP contribution in [0.4, 0.5) is 5.69 Å². The van der Waals surface area contributed by atoms with Gasteiger partial charge in [-0.25, -0.2) is 0 Å². The quantitative estimate of drug-likeness (QED) is 0.654. The summed E-state index contributed by atoms with van der Waals surface area (Å²) in [5.74, 6) is 0. The third kappa shape index (κ3) is 6.91. The Morgan fingerprint density at radius 1 is 0.880 bits per heavy atom. The van der Waals surface area contributed by atoms with Gasteiger partial charge in [-0.2, -0.15) is 0 Å². The first-order chi connectivity index (χ1) is 12.4. The van der Waals surface area contributed by atoms with Crippen molar-refractivity contribution in [3.05, 3.63) is 48.4 Å². The fourth-order valence-corrected chi connectivity index (χ4v) is 3.23. The van der Waals surface area contributed by atoms with Gasteiger partial charge in [0.2, 0.25) is 0 Å². The molecule has 3 rings (SSSR count). The maximum absolute atomic E-state index is 4.85. The molecule has 0 bridgehead atoms. The molecule has 2 heterocycles. The molecule has 0 amide bonds. The Balaban J connectivity index is 0.00000109. The van der Waals surface area contributed by atoms with E-state index in [2.05, 4.69) is 45.3 Å². The molecule has 0 radical (unpaired) electrons. The molecule has 138 valence electrons. The van der Waals surface area contributed by atoms with Gasteiger partial charge in [0.1, 0.15) is 6.26 Å². The summed E-state index contributed by atoms with van der Waals surface area (Å²) in [6, 6.07) is 12.7. The Morgan fingerprint density at radius 2 is 1.60 bits per heavy atom. The highest BCUT2D eigenvalue weighted by Gasteiger charge is 2.16. The Morgan fingerprint density at radius 3 is 2.28 bits per heavy atom. The van der Waals surface area contributed by atoms with Crippen LogP contribution in [0, 0.1) is 0 Å². The number of aromatic nitrogens is 1. The molecule has 1 fully saturated rings. The van der Waals surface area contributed by atoms with Crippen molar-refractivity contribution in [1.82, 2.24) is 10.1 Å². The van der Waals surface area contributed by atoms with Gasteiger partial charge in [0, 0.05) is 37.9 Å². The summed E-state index contributed by atoms with van der Waals surface area (Å²) in [5.41, 5.74) is 2.45. The molecule has 1 aromatic carbocycles. The van der Waals surface area contributed by atoms with Crippen LogP contribution >= 0.6 is 0 Å². The summed E-state index contributed by atoms with van der Waals surface area (Å²) in [7, 11) is 0. The van der Waals surface area contributed by atoms with Gasteiger partial charge in [0.25, 0.3) is 0 Å². The summed E-state index contributed by atoms with van der Waals surface area (Å²) in [6.45, 7) is 9.92. The van der Waals surface area contributed by atoms with Gasteiger partial charge < -0.3 is 9.42 Å². The Hall–Kier alpha value is -1.81. The van der Waals surface area contributed by atoms with Gasteiger partial charge in [-0.05, 0) is 37.9 Å². The molecule has 0 atom stereocenters. The van der Waals surface area contributed by atoms with Crippen molar-refractivity contribution in [3.63, 3.8) is 0 Å². The van der Waals surface area contributed by atoms with E-state index in [1.807, 2.05) is 19.9 Å². The molecule has 0 N–H and O–H groups in total. The second-order valence-electron chi connectivity index (χ2n) is 6.32. The van der Waals surface area contributed by atoms with Crippen molar-refractivity contribution in [2.75, 3.05) is 37.6 Å². The third-order valence-electron chi connectivity index (χ3n) is 4.64. The Labute approximate surface area is 152 Å². The lowest BCUT2D eigenvalue weighted by Crippen LogP contribution is -2.46. The zero-order valence-corrected chi connectivity index (χ0v) is 15.9. The molecule has 4 nitrogen and oxygen atoms in total. The van der Waals surface area contributed by atoms with Crippen LogP contribution in [0.3, 0.4) is 0 Å². The van der Waals surface area contributed by atoms with E-state index in [1.54, 1.807) is 6.26 Å². The van der Waals surface area contributed by atoms with Crippen LogP contribution in [0.15, 0.2) is 47.2 Å². The molecule has 1 saturated heterocycles. The van der Waals surface area contributed by atoms with Gasteiger partial charge in [-0.15, -0.1) is 0 Å². The summed E-state index contributed by atoms with van der Waals surface area (Å²) in [5, 5.41) is 3.95. The number of piperazine rings is 1. The van der Waals surface area contributed by atoms with Gasteiger partial charge in [0.15, 0.2) is 0 Å². The number of aryl methyl sites for hydroxylation is 1. The van der Waals surface area contributed by atoms with Crippen LogP contribution < -0.4 is 4.90 Å². The average molecular weight is 344 g/mol. The number of para-hydroxylation sites is 1. The molecule has 25 heavy (non-hydrogen) atoms. The van der Waals surface area contributed by atoms with E-state index >= 15 is 0 Å². The highest BCUT2D eigenvalue weighted by molar-refractivity contribution is 5.46. The molecule has 0 spiro atoms. The van der Waals surface area contributed by atoms with Gasteiger partial charge in [-0.3, -0.25) is 4.90 Å². The van der Waals surface area contributed by atoms with Crippen LogP contribution in [0.5, 0.6) is 0 Å². The predicted octanol–water partition coefficient (Wildman–Crippen LogP) is 4.63. The van der Waals surface area contributed by atoms with E-state index in [0.717, 1.165) is 25.2 Å². The maximum Gasteiger partial charge on any atom is 0.124 e. The van der Waals surface area contributed by atoms with Crippen molar-refractivity contribution >= 4 is 5.69 Å². The second-order valence-corrected chi connectivity index (χ2v) is 6.32. The van der Waals surface area contributed by atoms with E-state index in [9.17, 15) is 0 Å². The minimum absolute atomic E-state index is 1.05. The number of nitrogens with zero attached hydrogens (tertiary/aromatic N) is 3. The summed E-state index contributed by atoms with van der Waals surface area (Å²) < 4.78 is 4.85. The fraction of sp³-hybridized carbons (Fsp3) is 0.571. The lowest BCUT2D eigenvalue weighted by Gasteiger charge is -2.36. The average Bonchev–Trinajstić information content (AvgIpc) is 3.21. The molecule has 2 aromatic rings. The predicted molar refractivity (Wildman–Crippen MR) is 105 cm³/mol. The largest absolute Gasteiger partial charge is 0.369 e. The van der Waals surface area contributed by atoms with Gasteiger partial charge in [-0.1, -0.05) is 50.0 Å². The highest BCUT2D eigenvalue weighted by atomic mass is 16.5. The minimum atomic E-state index is 1.05. The highest BCUT2D eigenvalue weighted by Crippen LogP contribution is 2.16. The second kappa shape index (κ2) is 11.7. The van der Waals surface area contributed by atoms with E-state index in [4.69, 9.17) is 4.52 Å². The topological polar surface area (TPSA) is 32.5 Å². The number of rotatable bonds is 8. The molecule has 1 aliphatic heterocycles. The first-order valence-electron chi connectivity index (χ1n) is 9.83. The minimum Gasteiger partial charge on any atom is -0.369 e. The Bertz CT molecular complexity index is 534. The molecule has 0 saturated carbocycles. The molecule has 1 aromatic heterocycles. The van der Waals surface area contributed by atoms with E-state index in [0.29, 0.717) is 0 Å². The zero-order valence-electron chi connectivity index (χ0n) is 15.9. The zero-order chi connectivity index (χ0) is 17.7. The lowest BCUT2D eigenvalue weighted by molar-refractivity contribution is 0.252. The van der Waals surface area contributed by atoms with Gasteiger partial charge in [0.05, 0.1) is 5.69 Å². The van der Waals surface area contributed by atoms with Crippen LogP contribution in [0.1, 0.15) is 45.2 Å². The smallest absolute Gasteiger partial charge is 0.124 e. The molecule has 1 aliphatic rings. The van der Waals surface area contributed by atoms with Gasteiger partial charge >= 0.3 is 0 Å². The number of anilines is 1. The number of unbranched alkanes of at least 4 members (excludes halogenated alkanes) is 3. The van der Waals surface area contributed by atoms with Crippen LogP contribution in [0.25, 0.3) is 0 Å². The standard InChI is InChI=1S/C19H27N3O.C2H6/c1(4-8-18-11-17-23-20-18)2-7-12-21-13-15-22(16-14-21)19-9-5-3-6-10-19;1-2/h3,5-6,9-11,17H,1-2,4,7-8,12-16H2;1-2H3. The van der Waals surface area contributed by atoms with Crippen molar-refractivity contribution in [2.24, 2.45) is 0 Å². The van der Waals surface area contributed by atoms with Crippen molar-refractivity contribution in [1.29, 1.82) is 0 Å². The molecular formula is C21H33N3O. The molecule has 0 aliphatic carbocycles. The number of hydrogen-bond donors (Lipinski definition) is 0. The molecule has 0 unspecified atom stereocenters. The van der Waals surface area contributed by atoms with Crippen molar-refractivity contribution in [3.8, 4) is 0 Å². The first kappa shape index (κ1) is 19.5. The summed E-state index contributed by atoms with van der Waals surface area (Å²) >= 11 is 0. The van der Waals surface area contributed by atoms with E-state index in [1.165, 1.54) is 51.0 Å². The van der Waals surface area contributed by atoms with Crippen LogP contribution in [-0.4, -0.2) is 42.8 Å². The SMILES string of the molecule is CC.c1ccc(N2CCN(CCCCCCc3ccon3)CC2)cc1. The summed E-state index contributed by atoms with van der Waals surface area (Å²) in [4.78, 5) is 5.10. The van der Waals surface area contributed by atoms with Crippen molar-refractivity contribution in [2.45, 2.75) is 46.0 Å². The lowest BCUT2D eigenvalue weighted by atomic mass is 10.1. The maximum atomic E-state index is 4.85.